The van der Waals surface area contributed by atoms with Crippen LogP contribution in [0.3, 0.4) is 0 Å². The molecule has 2 rings (SSSR count). The fraction of sp³-hybridized carbons (Fsp3) is 0.0909. The van der Waals surface area contributed by atoms with Crippen LogP contribution >= 0.6 is 0 Å². The number of aromatic nitrogens is 3. The van der Waals surface area contributed by atoms with E-state index in [1.165, 1.54) is 25.5 Å². The molecule has 2 aromatic rings. The first-order chi connectivity index (χ1) is 9.56. The standard InChI is InChI=1S/C11H8N6O3/c1-13-11(18)7-2-3-8(9(4-7)17(19)20)16-6-14-10(5-12)15-16/h2-4,6H,1H3,(H,13,18). The summed E-state index contributed by atoms with van der Waals surface area (Å²) < 4.78 is 1.12. The number of nitriles is 1. The van der Waals surface area contributed by atoms with Crippen LogP contribution in [0.25, 0.3) is 5.69 Å². The third kappa shape index (κ3) is 2.30. The van der Waals surface area contributed by atoms with Crippen LogP contribution in [-0.2, 0) is 0 Å². The van der Waals surface area contributed by atoms with Crippen molar-refractivity contribution in [3.63, 3.8) is 0 Å². The summed E-state index contributed by atoms with van der Waals surface area (Å²) >= 11 is 0. The highest BCUT2D eigenvalue weighted by Crippen LogP contribution is 2.23. The lowest BCUT2D eigenvalue weighted by molar-refractivity contribution is -0.384. The molecule has 0 spiro atoms. The van der Waals surface area contributed by atoms with Crippen LogP contribution in [0.4, 0.5) is 5.69 Å². The van der Waals surface area contributed by atoms with Crippen LogP contribution in [0, 0.1) is 21.4 Å². The second-order valence-corrected chi connectivity index (χ2v) is 3.66. The van der Waals surface area contributed by atoms with E-state index in [2.05, 4.69) is 15.4 Å². The molecule has 100 valence electrons. The quantitative estimate of drug-likeness (QED) is 0.636. The second-order valence-electron chi connectivity index (χ2n) is 3.66. The van der Waals surface area contributed by atoms with Gasteiger partial charge in [0.25, 0.3) is 17.4 Å². The minimum atomic E-state index is -0.629. The molecule has 1 aromatic heterocycles. The van der Waals surface area contributed by atoms with Gasteiger partial charge in [0.15, 0.2) is 0 Å². The maximum absolute atomic E-state index is 11.5. The van der Waals surface area contributed by atoms with E-state index in [0.29, 0.717) is 0 Å². The number of hydrogen-bond acceptors (Lipinski definition) is 6. The van der Waals surface area contributed by atoms with Crippen LogP contribution in [0.5, 0.6) is 0 Å². The Hall–Kier alpha value is -3.28. The highest BCUT2D eigenvalue weighted by molar-refractivity contribution is 5.95. The van der Waals surface area contributed by atoms with Gasteiger partial charge in [0.1, 0.15) is 18.1 Å². The van der Waals surface area contributed by atoms with E-state index >= 15 is 0 Å². The van der Waals surface area contributed by atoms with Crippen molar-refractivity contribution in [3.8, 4) is 11.8 Å². The molecular weight excluding hydrogens is 264 g/mol. The molecule has 0 saturated carbocycles. The Balaban J connectivity index is 2.56. The summed E-state index contributed by atoms with van der Waals surface area (Å²) in [6.45, 7) is 0. The Kier molecular flexibility index (Phi) is 3.39. The summed E-state index contributed by atoms with van der Waals surface area (Å²) in [5.41, 5.74) is -0.0271. The Morgan fingerprint density at radius 3 is 2.85 bits per heavy atom. The van der Waals surface area contributed by atoms with Crippen molar-refractivity contribution in [1.82, 2.24) is 20.1 Å². The lowest BCUT2D eigenvalue weighted by atomic mass is 10.1. The molecule has 0 bridgehead atoms. The van der Waals surface area contributed by atoms with E-state index in [0.717, 1.165) is 10.7 Å². The average Bonchev–Trinajstić information content (AvgIpc) is 2.94. The Morgan fingerprint density at radius 1 is 1.55 bits per heavy atom. The van der Waals surface area contributed by atoms with E-state index < -0.39 is 10.8 Å². The third-order valence-electron chi connectivity index (χ3n) is 2.50. The summed E-state index contributed by atoms with van der Waals surface area (Å²) in [5, 5.41) is 25.9. The van der Waals surface area contributed by atoms with Gasteiger partial charge in [0.05, 0.1) is 4.92 Å². The number of amides is 1. The SMILES string of the molecule is CNC(=O)c1ccc(-n2cnc(C#N)n2)c([N+](=O)[O-])c1. The van der Waals surface area contributed by atoms with Crippen molar-refractivity contribution in [2.75, 3.05) is 7.05 Å². The fourth-order valence-corrected chi connectivity index (χ4v) is 1.58. The highest BCUT2D eigenvalue weighted by atomic mass is 16.6. The number of nitro benzene ring substituents is 1. The van der Waals surface area contributed by atoms with E-state index in [1.807, 2.05) is 0 Å². The van der Waals surface area contributed by atoms with Crippen molar-refractivity contribution >= 4 is 11.6 Å². The molecule has 9 nitrogen and oxygen atoms in total. The molecular formula is C11H8N6O3. The molecule has 0 aliphatic carbocycles. The lowest BCUT2D eigenvalue weighted by Gasteiger charge is -2.04. The minimum Gasteiger partial charge on any atom is -0.355 e. The Labute approximate surface area is 112 Å². The number of carbonyl (C=O) groups excluding carboxylic acids is 1. The Morgan fingerprint density at radius 2 is 2.30 bits per heavy atom. The van der Waals surface area contributed by atoms with Crippen LogP contribution in [-0.4, -0.2) is 32.6 Å². The zero-order chi connectivity index (χ0) is 14.7. The van der Waals surface area contributed by atoms with Crippen LogP contribution in [0.1, 0.15) is 16.2 Å². The number of hydrogen-bond donors (Lipinski definition) is 1. The second kappa shape index (κ2) is 5.15. The number of nitrogens with one attached hydrogen (secondary N) is 1. The van der Waals surface area contributed by atoms with E-state index in [9.17, 15) is 14.9 Å². The first kappa shape index (κ1) is 13.2. The predicted molar refractivity (Wildman–Crippen MR) is 66.1 cm³/mol. The third-order valence-corrected chi connectivity index (χ3v) is 2.50. The summed E-state index contributed by atoms with van der Waals surface area (Å²) in [5.74, 6) is -0.536. The van der Waals surface area contributed by atoms with Gasteiger partial charge in [-0.1, -0.05) is 0 Å². The molecule has 1 amide bonds. The van der Waals surface area contributed by atoms with Crippen molar-refractivity contribution in [2.45, 2.75) is 0 Å². The molecule has 9 heteroatoms. The van der Waals surface area contributed by atoms with Gasteiger partial charge in [-0.05, 0) is 12.1 Å². The fourth-order valence-electron chi connectivity index (χ4n) is 1.58. The summed E-state index contributed by atoms with van der Waals surface area (Å²) in [6.07, 6.45) is 1.19. The van der Waals surface area contributed by atoms with Crippen LogP contribution < -0.4 is 5.32 Å². The largest absolute Gasteiger partial charge is 0.355 e. The average molecular weight is 272 g/mol. The molecule has 0 fully saturated rings. The van der Waals surface area contributed by atoms with E-state index in [-0.39, 0.29) is 22.8 Å². The lowest BCUT2D eigenvalue weighted by Crippen LogP contribution is -2.18. The van der Waals surface area contributed by atoms with Gasteiger partial charge in [-0.2, -0.15) is 5.26 Å². The maximum atomic E-state index is 11.5. The molecule has 20 heavy (non-hydrogen) atoms. The molecule has 0 unspecified atom stereocenters. The van der Waals surface area contributed by atoms with Crippen LogP contribution in [0.2, 0.25) is 0 Å². The van der Waals surface area contributed by atoms with Gasteiger partial charge in [-0.25, -0.2) is 9.67 Å². The van der Waals surface area contributed by atoms with Gasteiger partial charge in [-0.15, -0.1) is 5.10 Å². The van der Waals surface area contributed by atoms with Crippen molar-refractivity contribution in [3.05, 3.63) is 46.0 Å². The number of nitro groups is 1. The summed E-state index contributed by atoms with van der Waals surface area (Å²) in [6, 6.07) is 5.67. The zero-order valence-electron chi connectivity index (χ0n) is 10.3. The first-order valence-electron chi connectivity index (χ1n) is 5.39. The summed E-state index contributed by atoms with van der Waals surface area (Å²) in [4.78, 5) is 25.6. The van der Waals surface area contributed by atoms with E-state index in [4.69, 9.17) is 5.26 Å². The van der Waals surface area contributed by atoms with Gasteiger partial charge < -0.3 is 5.32 Å². The minimum absolute atomic E-state index is 0.102. The molecule has 1 N–H and O–H groups in total. The number of benzene rings is 1. The number of nitrogens with zero attached hydrogens (tertiary/aromatic N) is 5. The van der Waals surface area contributed by atoms with Gasteiger partial charge in [-0.3, -0.25) is 14.9 Å². The smallest absolute Gasteiger partial charge is 0.295 e. The predicted octanol–water partition coefficient (Wildman–Crippen LogP) is 0.407. The van der Waals surface area contributed by atoms with Gasteiger partial charge >= 0.3 is 0 Å². The zero-order valence-corrected chi connectivity index (χ0v) is 10.3. The molecule has 0 aliphatic rings. The monoisotopic (exact) mass is 272 g/mol. The van der Waals surface area contributed by atoms with Crippen LogP contribution in [0.15, 0.2) is 24.5 Å². The highest BCUT2D eigenvalue weighted by Gasteiger charge is 2.19. The number of rotatable bonds is 3. The topological polar surface area (TPSA) is 127 Å². The molecule has 1 aromatic carbocycles. The normalized spacial score (nSPS) is 9.80. The summed E-state index contributed by atoms with van der Waals surface area (Å²) in [7, 11) is 1.43. The molecule has 0 aliphatic heterocycles. The van der Waals surface area contributed by atoms with Crippen molar-refractivity contribution in [2.24, 2.45) is 0 Å². The van der Waals surface area contributed by atoms with E-state index in [1.54, 1.807) is 6.07 Å². The number of carbonyl (C=O) groups is 1. The first-order valence-corrected chi connectivity index (χ1v) is 5.39. The maximum Gasteiger partial charge on any atom is 0.295 e. The Bertz CT molecular complexity index is 730. The molecule has 0 saturated heterocycles. The van der Waals surface area contributed by atoms with Crippen molar-refractivity contribution in [1.29, 1.82) is 5.26 Å². The molecule has 0 atom stereocenters. The molecule has 1 heterocycles. The molecule has 0 radical (unpaired) electrons. The van der Waals surface area contributed by atoms with Crippen molar-refractivity contribution < 1.29 is 9.72 Å². The van der Waals surface area contributed by atoms with Gasteiger partial charge in [0.2, 0.25) is 0 Å². The van der Waals surface area contributed by atoms with Gasteiger partial charge in [0, 0.05) is 18.7 Å².